The highest BCUT2D eigenvalue weighted by atomic mass is 16.5. The van der Waals surface area contributed by atoms with E-state index < -0.39 is 6.10 Å². The quantitative estimate of drug-likeness (QED) is 0.372. The molecular weight excluding hydrogens is 528 g/mol. The lowest BCUT2D eigenvalue weighted by Crippen LogP contribution is -2.57. The van der Waals surface area contributed by atoms with Gasteiger partial charge in [-0.1, -0.05) is 37.8 Å². The van der Waals surface area contributed by atoms with Crippen molar-refractivity contribution in [2.45, 2.75) is 95.8 Å². The normalized spacial score (nSPS) is 23.1. The zero-order valence-corrected chi connectivity index (χ0v) is 24.5. The lowest BCUT2D eigenvalue weighted by Gasteiger charge is -2.48. The molecule has 1 saturated heterocycles. The summed E-state index contributed by atoms with van der Waals surface area (Å²) in [6.45, 7) is 2.22. The molecule has 42 heavy (non-hydrogen) atoms. The summed E-state index contributed by atoms with van der Waals surface area (Å²) in [4.78, 5) is 36.1. The largest absolute Gasteiger partial charge is 0.489 e. The average molecular weight is 571 g/mol. The minimum atomic E-state index is -0.580. The first-order valence-electron chi connectivity index (χ1n) is 16.0. The molecule has 7 rings (SSSR count). The predicted molar refractivity (Wildman–Crippen MR) is 159 cm³/mol. The van der Waals surface area contributed by atoms with Gasteiger partial charge in [0.15, 0.2) is 6.10 Å². The molecule has 0 N–H and O–H groups in total. The lowest BCUT2D eigenvalue weighted by molar-refractivity contribution is -0.152. The van der Waals surface area contributed by atoms with E-state index in [1.54, 1.807) is 6.20 Å². The van der Waals surface area contributed by atoms with E-state index in [1.807, 2.05) is 56.9 Å². The van der Waals surface area contributed by atoms with Crippen LogP contribution in [0.2, 0.25) is 0 Å². The van der Waals surface area contributed by atoms with Crippen LogP contribution in [0.5, 0.6) is 11.5 Å². The highest BCUT2D eigenvalue weighted by Gasteiger charge is 2.48. The molecule has 2 atom stereocenters. The van der Waals surface area contributed by atoms with Gasteiger partial charge in [-0.25, -0.2) is 4.98 Å². The first-order valence-corrected chi connectivity index (χ1v) is 16.0. The number of ether oxygens (including phenoxy) is 2. The summed E-state index contributed by atoms with van der Waals surface area (Å²) in [5.74, 6) is 1.52. The van der Waals surface area contributed by atoms with Crippen molar-refractivity contribution < 1.29 is 19.1 Å². The molecule has 0 radical (unpaired) electrons. The molecule has 1 aromatic carbocycles. The summed E-state index contributed by atoms with van der Waals surface area (Å²) in [6, 6.07) is 10.1. The van der Waals surface area contributed by atoms with Crippen LogP contribution in [-0.4, -0.2) is 62.8 Å². The summed E-state index contributed by atoms with van der Waals surface area (Å²) in [5, 5.41) is 0. The van der Waals surface area contributed by atoms with Crippen molar-refractivity contribution in [2.75, 3.05) is 19.6 Å². The van der Waals surface area contributed by atoms with Crippen molar-refractivity contribution >= 4 is 17.5 Å². The van der Waals surface area contributed by atoms with Gasteiger partial charge < -0.3 is 23.7 Å². The van der Waals surface area contributed by atoms with Crippen LogP contribution < -0.4 is 9.47 Å². The number of aromatic nitrogens is 2. The third-order valence-electron chi connectivity index (χ3n) is 10.2. The van der Waals surface area contributed by atoms with Gasteiger partial charge in [0.05, 0.1) is 0 Å². The molecule has 3 aromatic rings. The van der Waals surface area contributed by atoms with E-state index in [2.05, 4.69) is 4.98 Å². The number of amides is 2. The maximum atomic E-state index is 14.4. The van der Waals surface area contributed by atoms with Gasteiger partial charge in [0.25, 0.3) is 5.91 Å². The maximum absolute atomic E-state index is 14.4. The number of hydrogen-bond donors (Lipinski definition) is 0. The van der Waals surface area contributed by atoms with Crippen molar-refractivity contribution in [3.63, 3.8) is 0 Å². The summed E-state index contributed by atoms with van der Waals surface area (Å²) >= 11 is 0. The van der Waals surface area contributed by atoms with Crippen LogP contribution in [0.1, 0.15) is 81.8 Å². The smallest absolute Gasteiger partial charge is 0.264 e. The van der Waals surface area contributed by atoms with Gasteiger partial charge in [-0.05, 0) is 74.5 Å². The second-order valence-corrected chi connectivity index (χ2v) is 12.8. The number of carbonyl (C=O) groups excluding carboxylic acids is 2. The third kappa shape index (κ3) is 5.36. The lowest BCUT2D eigenvalue weighted by atomic mass is 9.68. The van der Waals surface area contributed by atoms with E-state index in [0.29, 0.717) is 24.5 Å². The molecule has 3 fully saturated rings. The molecule has 2 aliphatic carbocycles. The van der Waals surface area contributed by atoms with Crippen LogP contribution in [0.4, 0.5) is 0 Å². The topological polar surface area (TPSA) is 76.4 Å². The predicted octanol–water partition coefficient (Wildman–Crippen LogP) is 5.56. The second kappa shape index (κ2) is 11.6. The molecule has 8 nitrogen and oxygen atoms in total. The van der Waals surface area contributed by atoms with Crippen molar-refractivity contribution in [1.82, 2.24) is 19.2 Å². The second-order valence-electron chi connectivity index (χ2n) is 12.8. The summed E-state index contributed by atoms with van der Waals surface area (Å²) in [7, 11) is 0. The molecule has 2 aliphatic heterocycles. The van der Waals surface area contributed by atoms with Crippen LogP contribution in [0.3, 0.4) is 0 Å². The Morgan fingerprint density at radius 2 is 1.81 bits per heavy atom. The Morgan fingerprint density at radius 3 is 2.64 bits per heavy atom. The van der Waals surface area contributed by atoms with Gasteiger partial charge in [0, 0.05) is 49.4 Å². The van der Waals surface area contributed by atoms with Crippen molar-refractivity contribution in [1.29, 1.82) is 0 Å². The number of hydrogen-bond acceptors (Lipinski definition) is 5. The van der Waals surface area contributed by atoms with Gasteiger partial charge >= 0.3 is 0 Å². The maximum Gasteiger partial charge on any atom is 0.264 e. The van der Waals surface area contributed by atoms with E-state index in [4.69, 9.17) is 9.47 Å². The monoisotopic (exact) mass is 570 g/mol. The van der Waals surface area contributed by atoms with Crippen LogP contribution in [0.25, 0.3) is 5.65 Å². The Kier molecular flexibility index (Phi) is 7.55. The number of nitrogens with zero attached hydrogens (tertiary/aromatic N) is 4. The van der Waals surface area contributed by atoms with Crippen molar-refractivity contribution in [3.8, 4) is 11.5 Å². The molecule has 0 bridgehead atoms. The zero-order valence-electron chi connectivity index (χ0n) is 24.5. The fourth-order valence-electron chi connectivity index (χ4n) is 8.01. The Bertz CT molecular complexity index is 1440. The van der Waals surface area contributed by atoms with E-state index in [0.717, 1.165) is 62.0 Å². The van der Waals surface area contributed by atoms with Gasteiger partial charge in [-0.3, -0.25) is 9.59 Å². The van der Waals surface area contributed by atoms with Crippen molar-refractivity contribution in [3.05, 3.63) is 60.0 Å². The van der Waals surface area contributed by atoms with Gasteiger partial charge in [-0.15, -0.1) is 0 Å². The van der Waals surface area contributed by atoms with Gasteiger partial charge in [0.2, 0.25) is 5.91 Å². The van der Waals surface area contributed by atoms with E-state index in [1.165, 1.54) is 38.5 Å². The number of fused-ring (bicyclic) bond motifs is 2. The molecule has 4 heterocycles. The Hall–Kier alpha value is -3.55. The van der Waals surface area contributed by atoms with Gasteiger partial charge in [0.1, 0.15) is 30.3 Å². The molecule has 2 saturated carbocycles. The Balaban J connectivity index is 1.08. The summed E-state index contributed by atoms with van der Waals surface area (Å²) in [5.41, 5.74) is 3.20. The number of carbonyl (C=O) groups is 2. The summed E-state index contributed by atoms with van der Waals surface area (Å²) < 4.78 is 14.6. The van der Waals surface area contributed by atoms with Crippen LogP contribution in [-0.2, 0) is 22.6 Å². The molecule has 4 aliphatic rings. The first-order chi connectivity index (χ1) is 20.6. The Morgan fingerprint density at radius 1 is 1.00 bits per heavy atom. The van der Waals surface area contributed by atoms with E-state index in [-0.39, 0.29) is 29.8 Å². The molecular formula is C34H42N4O4. The van der Waals surface area contributed by atoms with E-state index in [9.17, 15) is 9.59 Å². The SMILES string of the molecule is O=C(CN(C(=O)[C@H]1CCc2ccc(OCc3ccc4nccn4c3)cc2O1)[C@H]1CCCCC12CCCC2)N1CCCC1. The number of benzene rings is 1. The van der Waals surface area contributed by atoms with Gasteiger partial charge in [-0.2, -0.15) is 0 Å². The molecule has 0 unspecified atom stereocenters. The highest BCUT2D eigenvalue weighted by molar-refractivity contribution is 5.88. The highest BCUT2D eigenvalue weighted by Crippen LogP contribution is 2.51. The van der Waals surface area contributed by atoms with Crippen molar-refractivity contribution in [2.24, 2.45) is 5.41 Å². The van der Waals surface area contributed by atoms with Crippen LogP contribution in [0.15, 0.2) is 48.9 Å². The fraction of sp³-hybridized carbons (Fsp3) is 0.559. The number of imidazole rings is 1. The zero-order chi connectivity index (χ0) is 28.5. The molecule has 2 amide bonds. The minimum absolute atomic E-state index is 0.00803. The molecule has 222 valence electrons. The molecule has 1 spiro atoms. The van der Waals surface area contributed by atoms with Crippen LogP contribution >= 0.6 is 0 Å². The third-order valence-corrected chi connectivity index (χ3v) is 10.2. The Labute approximate surface area is 248 Å². The number of rotatable bonds is 7. The first kappa shape index (κ1) is 27.3. The number of aryl methyl sites for hydroxylation is 1. The number of likely N-dealkylation sites (tertiary alicyclic amines) is 1. The number of pyridine rings is 1. The summed E-state index contributed by atoms with van der Waals surface area (Å²) in [6.07, 6.45) is 18.0. The van der Waals surface area contributed by atoms with Crippen LogP contribution in [0, 0.1) is 5.41 Å². The molecule has 8 heteroatoms. The molecule has 2 aromatic heterocycles. The fourth-order valence-corrected chi connectivity index (χ4v) is 8.01. The van der Waals surface area contributed by atoms with E-state index >= 15 is 0 Å². The minimum Gasteiger partial charge on any atom is -0.489 e. The standard InChI is InChI=1S/C34H42N4O4/c39-32(36-18-5-6-19-36)23-38(30-7-1-2-14-34(30)15-3-4-16-34)33(40)28-12-10-26-9-11-27(21-29(26)42-28)41-24-25-8-13-31-35-17-20-37(31)22-25/h8-9,11,13,17,20-22,28,30H,1-7,10,12,14-16,18-19,23-24H2/t28-,30+/m1/s1. The average Bonchev–Trinajstić information content (AvgIpc) is 3.81.